The Bertz CT molecular complexity index is 618. The molecule has 5 nitrogen and oxygen atoms in total. The molecule has 0 amide bonds. The number of aromatic nitrogens is 2. The highest BCUT2D eigenvalue weighted by atomic mass is 19.1. The Morgan fingerprint density at radius 2 is 1.96 bits per heavy atom. The number of rotatable bonds is 7. The van der Waals surface area contributed by atoms with Crippen LogP contribution in [0.5, 0.6) is 0 Å². The van der Waals surface area contributed by atoms with E-state index in [2.05, 4.69) is 20.7 Å². The Morgan fingerprint density at radius 1 is 1.17 bits per heavy atom. The molecule has 1 aromatic carbocycles. The molecule has 0 aliphatic heterocycles. The summed E-state index contributed by atoms with van der Waals surface area (Å²) >= 11 is 0. The first-order valence-electron chi connectivity index (χ1n) is 7.91. The first-order valence-corrected chi connectivity index (χ1v) is 7.91. The number of hydrogen-bond acceptors (Lipinski definition) is 2. The summed E-state index contributed by atoms with van der Waals surface area (Å²) in [5.41, 5.74) is 2.28. The highest BCUT2D eigenvalue weighted by Crippen LogP contribution is 2.03. The lowest BCUT2D eigenvalue weighted by atomic mass is 10.1. The van der Waals surface area contributed by atoms with E-state index in [0.29, 0.717) is 6.54 Å². The van der Waals surface area contributed by atoms with E-state index >= 15 is 0 Å². The van der Waals surface area contributed by atoms with Crippen LogP contribution >= 0.6 is 0 Å². The van der Waals surface area contributed by atoms with Crippen molar-refractivity contribution in [3.63, 3.8) is 0 Å². The van der Waals surface area contributed by atoms with Crippen LogP contribution in [-0.2, 0) is 19.9 Å². The van der Waals surface area contributed by atoms with Crippen LogP contribution in [0.2, 0.25) is 0 Å². The molecular weight excluding hydrogens is 293 g/mol. The fraction of sp³-hybridized carbons (Fsp3) is 0.412. The molecule has 0 radical (unpaired) electrons. The van der Waals surface area contributed by atoms with Crippen molar-refractivity contribution < 1.29 is 4.39 Å². The molecule has 0 saturated carbocycles. The van der Waals surface area contributed by atoms with Gasteiger partial charge in [-0.15, -0.1) is 0 Å². The summed E-state index contributed by atoms with van der Waals surface area (Å²) < 4.78 is 14.7. The van der Waals surface area contributed by atoms with Crippen LogP contribution in [0.1, 0.15) is 18.1 Å². The molecule has 6 heteroatoms. The second kappa shape index (κ2) is 8.92. The summed E-state index contributed by atoms with van der Waals surface area (Å²) in [5, 5.41) is 10.7. The number of aryl methyl sites for hydroxylation is 1. The number of nitrogens with zero attached hydrogens (tertiary/aromatic N) is 3. The molecule has 2 aromatic rings. The van der Waals surface area contributed by atoms with E-state index in [4.69, 9.17) is 0 Å². The first-order chi connectivity index (χ1) is 11.2. The zero-order chi connectivity index (χ0) is 16.5. The van der Waals surface area contributed by atoms with Gasteiger partial charge < -0.3 is 10.6 Å². The van der Waals surface area contributed by atoms with Crippen molar-refractivity contribution in [2.24, 2.45) is 12.0 Å². The minimum atomic E-state index is -0.206. The number of benzene rings is 1. The number of halogens is 1. The molecule has 2 N–H and O–H groups in total. The highest BCUT2D eigenvalue weighted by molar-refractivity contribution is 5.79. The Labute approximate surface area is 136 Å². The quantitative estimate of drug-likeness (QED) is 0.606. The van der Waals surface area contributed by atoms with Crippen molar-refractivity contribution in [3.8, 4) is 0 Å². The van der Waals surface area contributed by atoms with Crippen molar-refractivity contribution in [2.45, 2.75) is 19.8 Å². The zero-order valence-electron chi connectivity index (χ0n) is 13.7. The largest absolute Gasteiger partial charge is 0.357 e. The zero-order valence-corrected chi connectivity index (χ0v) is 13.7. The predicted octanol–water partition coefficient (Wildman–Crippen LogP) is 1.90. The van der Waals surface area contributed by atoms with Gasteiger partial charge in [0.15, 0.2) is 5.96 Å². The van der Waals surface area contributed by atoms with Crippen LogP contribution in [0.4, 0.5) is 4.39 Å². The average Bonchev–Trinajstić information content (AvgIpc) is 2.95. The fourth-order valence-electron chi connectivity index (χ4n) is 2.22. The van der Waals surface area contributed by atoms with Gasteiger partial charge >= 0.3 is 0 Å². The van der Waals surface area contributed by atoms with E-state index in [-0.39, 0.29) is 5.82 Å². The topological polar surface area (TPSA) is 54.2 Å². The molecule has 0 aliphatic rings. The Hall–Kier alpha value is -2.37. The molecule has 2 rings (SSSR count). The van der Waals surface area contributed by atoms with Crippen molar-refractivity contribution in [1.82, 2.24) is 20.4 Å². The lowest BCUT2D eigenvalue weighted by Crippen LogP contribution is -2.38. The molecular formula is C17H24FN5. The van der Waals surface area contributed by atoms with E-state index in [0.717, 1.165) is 37.5 Å². The summed E-state index contributed by atoms with van der Waals surface area (Å²) in [7, 11) is 1.91. The number of aliphatic imine (C=N–C) groups is 1. The van der Waals surface area contributed by atoms with Gasteiger partial charge in [-0.2, -0.15) is 5.10 Å². The fourth-order valence-corrected chi connectivity index (χ4v) is 2.22. The van der Waals surface area contributed by atoms with Crippen LogP contribution in [0, 0.1) is 5.82 Å². The SMILES string of the molecule is CCNC(=NCCc1ccc(F)cc1)NCCc1cnn(C)c1. The Balaban J connectivity index is 1.78. The minimum Gasteiger partial charge on any atom is -0.357 e. The summed E-state index contributed by atoms with van der Waals surface area (Å²) in [6, 6.07) is 6.56. The highest BCUT2D eigenvalue weighted by Gasteiger charge is 2.00. The summed E-state index contributed by atoms with van der Waals surface area (Å²) in [6.07, 6.45) is 5.58. The van der Waals surface area contributed by atoms with E-state index in [9.17, 15) is 4.39 Å². The summed E-state index contributed by atoms with van der Waals surface area (Å²) in [4.78, 5) is 4.55. The second-order valence-corrected chi connectivity index (χ2v) is 5.34. The summed E-state index contributed by atoms with van der Waals surface area (Å²) in [6.45, 7) is 4.31. The van der Waals surface area contributed by atoms with E-state index in [1.54, 1.807) is 16.8 Å². The van der Waals surface area contributed by atoms with Gasteiger partial charge in [0.05, 0.1) is 6.20 Å². The van der Waals surface area contributed by atoms with Gasteiger partial charge in [-0.3, -0.25) is 9.67 Å². The third kappa shape index (κ3) is 6.10. The van der Waals surface area contributed by atoms with Gasteiger partial charge in [0.1, 0.15) is 5.82 Å². The molecule has 124 valence electrons. The van der Waals surface area contributed by atoms with Gasteiger partial charge in [-0.1, -0.05) is 12.1 Å². The Morgan fingerprint density at radius 3 is 2.61 bits per heavy atom. The van der Waals surface area contributed by atoms with Gasteiger partial charge in [0.25, 0.3) is 0 Å². The monoisotopic (exact) mass is 317 g/mol. The average molecular weight is 317 g/mol. The maximum absolute atomic E-state index is 12.9. The molecule has 0 atom stereocenters. The molecule has 23 heavy (non-hydrogen) atoms. The van der Waals surface area contributed by atoms with Crippen LogP contribution in [0.25, 0.3) is 0 Å². The first kappa shape index (κ1) is 17.0. The van der Waals surface area contributed by atoms with Crippen LogP contribution in [-0.4, -0.2) is 35.4 Å². The molecule has 0 spiro atoms. The van der Waals surface area contributed by atoms with Crippen LogP contribution in [0.15, 0.2) is 41.7 Å². The second-order valence-electron chi connectivity index (χ2n) is 5.34. The van der Waals surface area contributed by atoms with Gasteiger partial charge in [-0.25, -0.2) is 4.39 Å². The van der Waals surface area contributed by atoms with Gasteiger partial charge in [-0.05, 0) is 43.0 Å². The van der Waals surface area contributed by atoms with Crippen molar-refractivity contribution in [3.05, 3.63) is 53.6 Å². The van der Waals surface area contributed by atoms with Crippen LogP contribution < -0.4 is 10.6 Å². The van der Waals surface area contributed by atoms with Crippen molar-refractivity contribution in [1.29, 1.82) is 0 Å². The van der Waals surface area contributed by atoms with Gasteiger partial charge in [0.2, 0.25) is 0 Å². The summed E-state index contributed by atoms with van der Waals surface area (Å²) in [5.74, 6) is 0.598. The van der Waals surface area contributed by atoms with E-state index in [1.165, 1.54) is 17.7 Å². The standard InChI is InChI=1S/C17H24FN5/c1-3-19-17(21-11-9-15-12-22-23(2)13-15)20-10-8-14-4-6-16(18)7-5-14/h4-7,12-13H,3,8-11H2,1-2H3,(H2,19,20,21). The molecule has 1 heterocycles. The predicted molar refractivity (Wildman–Crippen MR) is 91.0 cm³/mol. The van der Waals surface area contributed by atoms with E-state index < -0.39 is 0 Å². The van der Waals surface area contributed by atoms with Crippen molar-refractivity contribution >= 4 is 5.96 Å². The normalized spacial score (nSPS) is 11.5. The molecule has 0 unspecified atom stereocenters. The molecule has 0 fully saturated rings. The van der Waals surface area contributed by atoms with Gasteiger partial charge in [0, 0.05) is 32.9 Å². The lowest BCUT2D eigenvalue weighted by molar-refractivity contribution is 0.627. The number of guanidine groups is 1. The number of hydrogen-bond donors (Lipinski definition) is 2. The smallest absolute Gasteiger partial charge is 0.191 e. The van der Waals surface area contributed by atoms with Crippen molar-refractivity contribution in [2.75, 3.05) is 19.6 Å². The third-order valence-electron chi connectivity index (χ3n) is 3.39. The van der Waals surface area contributed by atoms with E-state index in [1.807, 2.05) is 26.4 Å². The third-order valence-corrected chi connectivity index (χ3v) is 3.39. The lowest BCUT2D eigenvalue weighted by Gasteiger charge is -2.10. The molecule has 0 saturated heterocycles. The molecule has 0 aliphatic carbocycles. The minimum absolute atomic E-state index is 0.206. The Kier molecular flexibility index (Phi) is 6.59. The molecule has 1 aromatic heterocycles. The maximum Gasteiger partial charge on any atom is 0.191 e. The van der Waals surface area contributed by atoms with Crippen LogP contribution in [0.3, 0.4) is 0 Å². The molecule has 0 bridgehead atoms. The number of nitrogens with one attached hydrogen (secondary N) is 2. The maximum atomic E-state index is 12.9.